The molecule has 142 valence electrons. The summed E-state index contributed by atoms with van der Waals surface area (Å²) in [6.45, 7) is 8.32. The normalized spacial score (nSPS) is 15.4. The van der Waals surface area contributed by atoms with E-state index in [4.69, 9.17) is 0 Å². The van der Waals surface area contributed by atoms with Crippen molar-refractivity contribution in [1.29, 1.82) is 5.26 Å². The number of nitriles is 1. The number of benzene rings is 1. The van der Waals surface area contributed by atoms with Crippen LogP contribution in [0.3, 0.4) is 0 Å². The molecule has 0 radical (unpaired) electrons. The number of amides is 2. The summed E-state index contributed by atoms with van der Waals surface area (Å²) < 4.78 is 13.8. The molecule has 1 saturated heterocycles. The Balaban J connectivity index is 1.61. The highest BCUT2D eigenvalue weighted by molar-refractivity contribution is 7.12. The molecule has 1 fully saturated rings. The lowest BCUT2D eigenvalue weighted by atomic mass is 10.1. The van der Waals surface area contributed by atoms with Crippen LogP contribution in [-0.2, 0) is 0 Å². The second-order valence-corrected chi connectivity index (χ2v) is 8.22. The summed E-state index contributed by atoms with van der Waals surface area (Å²) >= 11 is 1.73. The van der Waals surface area contributed by atoms with Gasteiger partial charge in [-0.3, -0.25) is 0 Å². The summed E-state index contributed by atoms with van der Waals surface area (Å²) in [5.74, 6) is -0.509. The van der Waals surface area contributed by atoms with Gasteiger partial charge in [-0.1, -0.05) is 6.07 Å². The van der Waals surface area contributed by atoms with Crippen molar-refractivity contribution >= 4 is 23.1 Å². The minimum atomic E-state index is -0.509. The van der Waals surface area contributed by atoms with E-state index in [-0.39, 0.29) is 17.6 Å². The van der Waals surface area contributed by atoms with E-state index in [1.54, 1.807) is 28.4 Å². The number of hydrogen-bond acceptors (Lipinski definition) is 4. The molecule has 1 atom stereocenters. The van der Waals surface area contributed by atoms with Crippen LogP contribution < -0.4 is 10.2 Å². The van der Waals surface area contributed by atoms with Gasteiger partial charge in [0.05, 0.1) is 11.7 Å². The van der Waals surface area contributed by atoms with Gasteiger partial charge in [-0.2, -0.15) is 5.26 Å². The van der Waals surface area contributed by atoms with Gasteiger partial charge in [0.2, 0.25) is 0 Å². The Morgan fingerprint density at radius 2 is 2.00 bits per heavy atom. The number of urea groups is 1. The molecule has 0 spiro atoms. The Hall–Kier alpha value is -2.59. The number of anilines is 1. The Kier molecular flexibility index (Phi) is 5.66. The molecule has 2 aromatic rings. The summed E-state index contributed by atoms with van der Waals surface area (Å²) in [5, 5.41) is 12.3. The van der Waals surface area contributed by atoms with Gasteiger partial charge >= 0.3 is 6.03 Å². The van der Waals surface area contributed by atoms with Crippen molar-refractivity contribution in [3.8, 4) is 6.07 Å². The van der Waals surface area contributed by atoms with Gasteiger partial charge in [-0.15, -0.1) is 11.3 Å². The number of rotatable bonds is 3. The van der Waals surface area contributed by atoms with Crippen LogP contribution in [0.25, 0.3) is 0 Å². The maximum absolute atomic E-state index is 13.8. The van der Waals surface area contributed by atoms with E-state index in [2.05, 4.69) is 25.2 Å². The number of hydrogen-bond donors (Lipinski definition) is 1. The second kappa shape index (κ2) is 7.97. The van der Waals surface area contributed by atoms with Crippen molar-refractivity contribution in [3.63, 3.8) is 0 Å². The molecule has 2 amide bonds. The average molecular weight is 386 g/mol. The first-order chi connectivity index (χ1) is 12.9. The van der Waals surface area contributed by atoms with E-state index >= 15 is 0 Å². The third-order valence-electron chi connectivity index (χ3n) is 4.90. The zero-order chi connectivity index (χ0) is 19.6. The summed E-state index contributed by atoms with van der Waals surface area (Å²) in [5.41, 5.74) is 1.81. The molecule has 5 nitrogen and oxygen atoms in total. The standard InChI is InChI=1S/C20H23FN4OS/c1-13-11-16(15(3)27-13)14(2)23-20(26)25-9-7-24(8-10-25)19-6-4-5-18(21)17(19)12-22/h4-6,11,14H,7-10H2,1-3H3,(H,23,26). The first-order valence-electron chi connectivity index (χ1n) is 8.96. The number of aryl methyl sites for hydroxylation is 2. The van der Waals surface area contributed by atoms with Gasteiger partial charge < -0.3 is 15.1 Å². The van der Waals surface area contributed by atoms with Crippen LogP contribution in [0, 0.1) is 31.0 Å². The Morgan fingerprint density at radius 1 is 1.30 bits per heavy atom. The van der Waals surface area contributed by atoms with Crippen LogP contribution in [0.1, 0.15) is 33.8 Å². The van der Waals surface area contributed by atoms with E-state index in [0.29, 0.717) is 31.9 Å². The SMILES string of the molecule is Cc1cc(C(C)NC(=O)N2CCN(c3cccc(F)c3C#N)CC2)c(C)s1. The van der Waals surface area contributed by atoms with Gasteiger partial charge in [0, 0.05) is 35.9 Å². The first-order valence-corrected chi connectivity index (χ1v) is 9.78. The maximum atomic E-state index is 13.8. The van der Waals surface area contributed by atoms with E-state index in [1.807, 2.05) is 17.9 Å². The van der Waals surface area contributed by atoms with Crippen LogP contribution >= 0.6 is 11.3 Å². The van der Waals surface area contributed by atoms with E-state index in [9.17, 15) is 14.4 Å². The van der Waals surface area contributed by atoms with E-state index < -0.39 is 5.82 Å². The fourth-order valence-electron chi connectivity index (χ4n) is 3.47. The first kappa shape index (κ1) is 19.2. The van der Waals surface area contributed by atoms with Crippen molar-refractivity contribution in [1.82, 2.24) is 10.2 Å². The predicted molar refractivity (Wildman–Crippen MR) is 106 cm³/mol. The number of thiophene rings is 1. The van der Waals surface area contributed by atoms with Crippen LogP contribution in [0.15, 0.2) is 24.3 Å². The van der Waals surface area contributed by atoms with Crippen molar-refractivity contribution < 1.29 is 9.18 Å². The van der Waals surface area contributed by atoms with Gasteiger partial charge in [0.1, 0.15) is 17.4 Å². The monoisotopic (exact) mass is 386 g/mol. The van der Waals surface area contributed by atoms with Gasteiger partial charge in [-0.05, 0) is 44.5 Å². The molecule has 1 aromatic carbocycles. The van der Waals surface area contributed by atoms with Crippen LogP contribution in [0.4, 0.5) is 14.9 Å². The number of piperazine rings is 1. The lowest BCUT2D eigenvalue weighted by molar-refractivity contribution is 0.191. The summed E-state index contributed by atoms with van der Waals surface area (Å²) in [7, 11) is 0. The third-order valence-corrected chi connectivity index (χ3v) is 5.88. The van der Waals surface area contributed by atoms with Crippen molar-refractivity contribution in [2.24, 2.45) is 0 Å². The zero-order valence-electron chi connectivity index (χ0n) is 15.8. The third kappa shape index (κ3) is 4.06. The van der Waals surface area contributed by atoms with Crippen LogP contribution in [-0.4, -0.2) is 37.1 Å². The minimum absolute atomic E-state index is 0.0473. The van der Waals surface area contributed by atoms with Crippen molar-refractivity contribution in [2.75, 3.05) is 31.1 Å². The molecule has 7 heteroatoms. The highest BCUT2D eigenvalue weighted by Crippen LogP contribution is 2.27. The van der Waals surface area contributed by atoms with Gasteiger partial charge in [0.15, 0.2) is 0 Å². The topological polar surface area (TPSA) is 59.4 Å². The van der Waals surface area contributed by atoms with E-state index in [1.165, 1.54) is 15.8 Å². The molecule has 3 rings (SSSR count). The highest BCUT2D eigenvalue weighted by Gasteiger charge is 2.25. The minimum Gasteiger partial charge on any atom is -0.367 e. The number of carbonyl (C=O) groups excluding carboxylic acids is 1. The smallest absolute Gasteiger partial charge is 0.317 e. The van der Waals surface area contributed by atoms with Crippen LogP contribution in [0.5, 0.6) is 0 Å². The Labute approximate surface area is 163 Å². The lowest BCUT2D eigenvalue weighted by Crippen LogP contribution is -2.52. The number of nitrogens with one attached hydrogen (secondary N) is 1. The van der Waals surface area contributed by atoms with Gasteiger partial charge in [0.25, 0.3) is 0 Å². The predicted octanol–water partition coefficient (Wildman–Crippen LogP) is 3.97. The Bertz CT molecular complexity index is 881. The highest BCUT2D eigenvalue weighted by atomic mass is 32.1. The second-order valence-electron chi connectivity index (χ2n) is 6.76. The lowest BCUT2D eigenvalue weighted by Gasteiger charge is -2.36. The molecule has 0 bridgehead atoms. The molecular formula is C20H23FN4OS. The molecule has 0 saturated carbocycles. The maximum Gasteiger partial charge on any atom is 0.317 e. The van der Waals surface area contributed by atoms with E-state index in [0.717, 1.165) is 5.56 Å². The van der Waals surface area contributed by atoms with Crippen LogP contribution in [0.2, 0.25) is 0 Å². The summed E-state index contributed by atoms with van der Waals surface area (Å²) in [4.78, 5) is 18.8. The molecule has 1 N–H and O–H groups in total. The molecule has 0 aliphatic carbocycles. The zero-order valence-corrected chi connectivity index (χ0v) is 16.6. The van der Waals surface area contributed by atoms with Gasteiger partial charge in [-0.25, -0.2) is 9.18 Å². The molecule has 2 heterocycles. The molecule has 1 aliphatic rings. The molecule has 27 heavy (non-hydrogen) atoms. The average Bonchev–Trinajstić information content (AvgIpc) is 3.00. The Morgan fingerprint density at radius 3 is 2.59 bits per heavy atom. The number of nitrogens with zero attached hydrogens (tertiary/aromatic N) is 3. The number of halogens is 1. The number of carbonyl (C=O) groups is 1. The largest absolute Gasteiger partial charge is 0.367 e. The fourth-order valence-corrected chi connectivity index (χ4v) is 4.49. The quantitative estimate of drug-likeness (QED) is 0.868. The summed E-state index contributed by atoms with van der Waals surface area (Å²) in [6.07, 6.45) is 0. The molecule has 1 unspecified atom stereocenters. The molecule has 1 aliphatic heterocycles. The summed E-state index contributed by atoms with van der Waals surface area (Å²) in [6, 6.07) is 8.57. The fraction of sp³-hybridized carbons (Fsp3) is 0.400. The van der Waals surface area contributed by atoms with Crippen molar-refractivity contribution in [3.05, 3.63) is 51.0 Å². The molecule has 1 aromatic heterocycles. The molecular weight excluding hydrogens is 363 g/mol. The van der Waals surface area contributed by atoms with Crippen molar-refractivity contribution in [2.45, 2.75) is 26.8 Å².